The lowest BCUT2D eigenvalue weighted by Crippen LogP contribution is -2.54. The maximum absolute atomic E-state index is 13.3. The minimum Gasteiger partial charge on any atom is -0.483 e. The summed E-state index contributed by atoms with van der Waals surface area (Å²) in [7, 11) is 0. The smallest absolute Gasteiger partial charge is 0.266 e. The number of aromatic amines is 1. The van der Waals surface area contributed by atoms with Crippen LogP contribution in [0.1, 0.15) is 85.0 Å². The van der Waals surface area contributed by atoms with Gasteiger partial charge in [-0.05, 0) is 30.2 Å². The third-order valence-corrected chi connectivity index (χ3v) is 10.9. The van der Waals surface area contributed by atoms with Crippen LogP contribution in [0, 0.1) is 10.8 Å². The molecule has 7 rings (SSSR count). The van der Waals surface area contributed by atoms with Crippen molar-refractivity contribution in [1.29, 1.82) is 0 Å². The molecule has 0 saturated carbocycles. The summed E-state index contributed by atoms with van der Waals surface area (Å²) in [5, 5.41) is 9.00. The van der Waals surface area contributed by atoms with E-state index in [1.165, 1.54) is 18.2 Å². The van der Waals surface area contributed by atoms with E-state index in [2.05, 4.69) is 50.0 Å². The second kappa shape index (κ2) is 16.7. The molecule has 16 heteroatoms. The van der Waals surface area contributed by atoms with Crippen LogP contribution in [0.25, 0.3) is 17.0 Å². The highest BCUT2D eigenvalue weighted by molar-refractivity contribution is 6.24. The van der Waals surface area contributed by atoms with Crippen molar-refractivity contribution >= 4 is 52.4 Å². The Balaban J connectivity index is 0.802. The third kappa shape index (κ3) is 9.08. The average molecular weight is 820 g/mol. The van der Waals surface area contributed by atoms with Gasteiger partial charge in [-0.1, -0.05) is 58.9 Å². The molecule has 2 unspecified atom stereocenters. The van der Waals surface area contributed by atoms with E-state index in [-0.39, 0.29) is 54.2 Å². The average Bonchev–Trinajstić information content (AvgIpc) is 3.70. The molecule has 60 heavy (non-hydrogen) atoms. The molecule has 5 heterocycles. The first kappa shape index (κ1) is 41.7. The predicted octanol–water partition coefficient (Wildman–Crippen LogP) is 3.65. The van der Waals surface area contributed by atoms with Crippen LogP contribution in [0.5, 0.6) is 11.6 Å². The maximum atomic E-state index is 13.3. The predicted molar refractivity (Wildman–Crippen MR) is 219 cm³/mol. The number of nitrogens with one attached hydrogen (secondary N) is 4. The molecule has 16 nitrogen and oxygen atoms in total. The maximum Gasteiger partial charge on any atom is 0.266 e. The molecular formula is C44H49N7O9. The lowest BCUT2D eigenvalue weighted by molar-refractivity contribution is -0.136. The first-order valence-corrected chi connectivity index (χ1v) is 19.8. The summed E-state index contributed by atoms with van der Waals surface area (Å²) in [5.41, 5.74) is 3.30. The van der Waals surface area contributed by atoms with Crippen molar-refractivity contribution in [2.75, 3.05) is 39.5 Å². The van der Waals surface area contributed by atoms with Crippen LogP contribution in [0.15, 0.2) is 61.1 Å². The van der Waals surface area contributed by atoms with Crippen molar-refractivity contribution in [2.24, 2.45) is 10.8 Å². The van der Waals surface area contributed by atoms with E-state index >= 15 is 0 Å². The fourth-order valence-corrected chi connectivity index (χ4v) is 7.51. The Kier molecular flexibility index (Phi) is 11.6. The molecule has 6 amide bonds. The number of aromatic nitrogens is 3. The third-order valence-electron chi connectivity index (χ3n) is 10.9. The van der Waals surface area contributed by atoms with Crippen LogP contribution >= 0.6 is 0 Å². The fraction of sp³-hybridized carbons (Fsp3) is 0.409. The molecular weight excluding hydrogens is 771 g/mol. The molecule has 314 valence electrons. The Morgan fingerprint density at radius 1 is 0.917 bits per heavy atom. The quantitative estimate of drug-likeness (QED) is 0.120. The van der Waals surface area contributed by atoms with Gasteiger partial charge in [-0.3, -0.25) is 44.0 Å². The zero-order chi connectivity index (χ0) is 42.8. The molecule has 0 radical (unpaired) electrons. The summed E-state index contributed by atoms with van der Waals surface area (Å²) >= 11 is 0. The van der Waals surface area contributed by atoms with E-state index in [1.54, 1.807) is 18.5 Å². The van der Waals surface area contributed by atoms with Crippen LogP contribution in [-0.2, 0) is 35.8 Å². The number of allylic oxidation sites excluding steroid dienone is 1. The topological polar surface area (TPSA) is 211 Å². The number of amides is 6. The largest absolute Gasteiger partial charge is 0.483 e. The number of imide groups is 2. The normalized spacial score (nSPS) is 18.9. The molecule has 2 aliphatic heterocycles. The molecule has 0 spiro atoms. The molecule has 3 aliphatic rings. The number of hydrogen-bond donors (Lipinski definition) is 4. The van der Waals surface area contributed by atoms with Gasteiger partial charge in [-0.15, -0.1) is 0 Å². The Hall–Kier alpha value is -6.42. The van der Waals surface area contributed by atoms with E-state index in [4.69, 9.17) is 14.2 Å². The Morgan fingerprint density at radius 3 is 2.32 bits per heavy atom. The number of fused-ring (bicyclic) bond motifs is 4. The molecule has 4 N–H and O–H groups in total. The van der Waals surface area contributed by atoms with Crippen molar-refractivity contribution in [2.45, 2.75) is 65.3 Å². The van der Waals surface area contributed by atoms with E-state index < -0.39 is 53.0 Å². The van der Waals surface area contributed by atoms with Gasteiger partial charge in [0.1, 0.15) is 11.8 Å². The molecule has 4 aromatic rings. The SMILES string of the molecule is CC(C)(CNC(=O)COc1ccc(C2(C)C=Cc3c([nH]c4ccncc34)C2)cn1)COCC(C)(C)CNC(=O)COc1cccc2c1C(=O)N(C1CCC(=O)NC1=O)C2=O. The standard InChI is InChI=1S/C44H49N7O9/c1-42(2,22-47-35(53)20-59-33-8-6-7-28-38(33)41(57)51(40(28)56)32-10-11-34(52)50-39(32)55)24-58-25-43(3,4)23-48-36(54)21-60-37-12-9-26(18-46-37)44(5)15-13-27-29-19-45-16-14-30(29)49-31(27)17-44/h6-9,12-16,18-19,32,49H,10-11,17,20-25H2,1-5H3,(H,47,53)(H,48,54)(H,50,52,55). The zero-order valence-electron chi connectivity index (χ0n) is 34.3. The zero-order valence-corrected chi connectivity index (χ0v) is 34.3. The minimum absolute atomic E-state index is 0.00261. The first-order chi connectivity index (χ1) is 28.5. The van der Waals surface area contributed by atoms with E-state index in [0.717, 1.165) is 39.0 Å². The number of carbonyl (C=O) groups is 6. The van der Waals surface area contributed by atoms with Crippen LogP contribution in [0.4, 0.5) is 0 Å². The van der Waals surface area contributed by atoms with Gasteiger partial charge in [0.15, 0.2) is 13.2 Å². The monoisotopic (exact) mass is 819 g/mol. The van der Waals surface area contributed by atoms with Gasteiger partial charge in [0.25, 0.3) is 23.6 Å². The van der Waals surface area contributed by atoms with Crippen molar-refractivity contribution < 1.29 is 43.0 Å². The highest BCUT2D eigenvalue weighted by Gasteiger charge is 2.46. The number of H-pyrrole nitrogens is 1. The molecule has 2 atom stereocenters. The molecule has 1 fully saturated rings. The lowest BCUT2D eigenvalue weighted by atomic mass is 9.75. The van der Waals surface area contributed by atoms with Gasteiger partial charge in [0.2, 0.25) is 17.7 Å². The van der Waals surface area contributed by atoms with E-state index in [0.29, 0.717) is 25.6 Å². The summed E-state index contributed by atoms with van der Waals surface area (Å²) in [6.07, 6.45) is 10.6. The summed E-state index contributed by atoms with van der Waals surface area (Å²) < 4.78 is 17.4. The Bertz CT molecular complexity index is 2390. The Labute approximate surface area is 346 Å². The second-order valence-corrected chi connectivity index (χ2v) is 17.3. The highest BCUT2D eigenvalue weighted by atomic mass is 16.5. The van der Waals surface area contributed by atoms with Gasteiger partial charge in [0.05, 0.1) is 24.3 Å². The number of hydrogen-bond acceptors (Lipinski definition) is 11. The van der Waals surface area contributed by atoms with Crippen LogP contribution in [0.2, 0.25) is 0 Å². The Morgan fingerprint density at radius 2 is 1.63 bits per heavy atom. The lowest BCUT2D eigenvalue weighted by Gasteiger charge is -2.29. The number of benzene rings is 1. The van der Waals surface area contributed by atoms with Gasteiger partial charge in [0, 0.05) is 89.0 Å². The number of piperidine rings is 1. The number of ether oxygens (including phenoxy) is 3. The first-order valence-electron chi connectivity index (χ1n) is 19.8. The molecule has 3 aromatic heterocycles. The summed E-state index contributed by atoms with van der Waals surface area (Å²) in [6, 6.07) is 9.07. The number of rotatable bonds is 16. The van der Waals surface area contributed by atoms with Crippen molar-refractivity contribution in [3.8, 4) is 11.6 Å². The van der Waals surface area contributed by atoms with Gasteiger partial charge >= 0.3 is 0 Å². The van der Waals surface area contributed by atoms with E-state index in [1.807, 2.05) is 46.0 Å². The molecule has 0 bridgehead atoms. The van der Waals surface area contributed by atoms with Gasteiger partial charge in [-0.2, -0.15) is 0 Å². The van der Waals surface area contributed by atoms with Crippen molar-refractivity contribution in [3.63, 3.8) is 0 Å². The minimum atomic E-state index is -1.11. The molecule has 1 aliphatic carbocycles. The van der Waals surface area contributed by atoms with Crippen LogP contribution in [-0.4, -0.2) is 101 Å². The number of pyridine rings is 2. The number of carbonyl (C=O) groups excluding carboxylic acids is 6. The summed E-state index contributed by atoms with van der Waals surface area (Å²) in [5.74, 6) is -2.91. The second-order valence-electron chi connectivity index (χ2n) is 17.3. The number of nitrogens with zero attached hydrogens (tertiary/aromatic N) is 3. The summed E-state index contributed by atoms with van der Waals surface area (Å²) in [6.45, 7) is 10.6. The molecule has 1 aromatic carbocycles. The van der Waals surface area contributed by atoms with Crippen LogP contribution in [0.3, 0.4) is 0 Å². The molecule has 1 saturated heterocycles. The van der Waals surface area contributed by atoms with E-state index in [9.17, 15) is 28.8 Å². The highest BCUT2D eigenvalue weighted by Crippen LogP contribution is 2.38. The van der Waals surface area contributed by atoms with Gasteiger partial charge in [-0.25, -0.2) is 4.98 Å². The van der Waals surface area contributed by atoms with Crippen LogP contribution < -0.4 is 25.4 Å². The van der Waals surface area contributed by atoms with Crippen molar-refractivity contribution in [1.82, 2.24) is 35.8 Å². The summed E-state index contributed by atoms with van der Waals surface area (Å²) in [4.78, 5) is 89.0. The van der Waals surface area contributed by atoms with Crippen molar-refractivity contribution in [3.05, 3.63) is 89.0 Å². The van der Waals surface area contributed by atoms with Gasteiger partial charge < -0.3 is 29.8 Å². The fourth-order valence-electron chi connectivity index (χ4n) is 7.51.